The molecule has 0 spiro atoms. The summed E-state index contributed by atoms with van der Waals surface area (Å²) in [5, 5.41) is 23.2. The van der Waals surface area contributed by atoms with Crippen molar-refractivity contribution in [2.75, 3.05) is 0 Å². The number of nitrogens with one attached hydrogen (secondary N) is 2. The molecule has 0 atom stereocenters. The first-order chi connectivity index (χ1) is 14.4. The Kier molecular flexibility index (Phi) is 47.0. The number of nitrogens with zero attached hydrogens (tertiary/aromatic N) is 2. The summed E-state index contributed by atoms with van der Waals surface area (Å²) in [6.07, 6.45) is 0. The van der Waals surface area contributed by atoms with Gasteiger partial charge in [0.1, 0.15) is 0 Å². The van der Waals surface area contributed by atoms with Crippen molar-refractivity contribution in [3.63, 3.8) is 0 Å². The Labute approximate surface area is 288 Å². The fourth-order valence-corrected chi connectivity index (χ4v) is 2.32. The van der Waals surface area contributed by atoms with Crippen molar-refractivity contribution in [1.29, 1.82) is 0 Å². The molecule has 0 aromatic heterocycles. The van der Waals surface area contributed by atoms with E-state index in [2.05, 4.69) is 111 Å². The quantitative estimate of drug-likeness (QED) is 0.243. The Morgan fingerprint density at radius 2 is 0.583 bits per heavy atom. The van der Waals surface area contributed by atoms with Crippen LogP contribution in [-0.2, 0) is 0 Å². The van der Waals surface area contributed by atoms with Gasteiger partial charge in [0.25, 0.3) is 0 Å². The van der Waals surface area contributed by atoms with E-state index in [9.17, 15) is 0 Å². The monoisotopic (exact) mass is 770 g/mol. The van der Waals surface area contributed by atoms with Crippen molar-refractivity contribution in [1.82, 2.24) is 0 Å². The fraction of sp³-hybridized carbons (Fsp3) is 1.00. The predicted octanol–water partition coefficient (Wildman–Crippen LogP) is 1.10. The van der Waals surface area contributed by atoms with E-state index in [-0.39, 0.29) is 48.8 Å². The first kappa shape index (κ1) is 59.1. The molecule has 0 saturated carbocycles. The average molecular weight is 771 g/mol. The maximum Gasteiger partial charge on any atom is 1.00 e. The van der Waals surface area contributed by atoms with Gasteiger partial charge < -0.3 is 31.8 Å². The van der Waals surface area contributed by atoms with Gasteiger partial charge in [-0.1, -0.05) is 95.0 Å². The van der Waals surface area contributed by atoms with Crippen LogP contribution in [0.3, 0.4) is 0 Å². The minimum atomic E-state index is -1.36. The van der Waals surface area contributed by atoms with Crippen LogP contribution in [0.25, 0.3) is 21.0 Å². The van der Waals surface area contributed by atoms with Crippen molar-refractivity contribution in [3.05, 3.63) is 21.0 Å². The summed E-state index contributed by atoms with van der Waals surface area (Å²) in [7, 11) is -5.12. The minimum absolute atomic E-state index is 0. The molecular weight excluding hydrogens is 704 g/mol. The molecule has 0 fully saturated rings. The predicted molar refractivity (Wildman–Crippen MR) is 175 cm³/mol. The second kappa shape index (κ2) is 28.7. The molecule has 0 aliphatic rings. The van der Waals surface area contributed by atoms with Crippen LogP contribution in [0.2, 0.25) is 87.9 Å². The summed E-state index contributed by atoms with van der Waals surface area (Å²) < 4.78 is 4.26. The summed E-state index contributed by atoms with van der Waals surface area (Å²) >= 11 is 2.70. The molecule has 0 aliphatic carbocycles. The molecule has 6 nitrogen and oxygen atoms in total. The molecule has 0 aliphatic heterocycles. The summed E-state index contributed by atoms with van der Waals surface area (Å²) in [5.74, 6) is 0. The second-order valence-electron chi connectivity index (χ2n) is 14.1. The van der Waals surface area contributed by atoms with Crippen molar-refractivity contribution < 1.29 is 48.6 Å². The van der Waals surface area contributed by atoms with Gasteiger partial charge in [0.2, 0.25) is 0 Å². The molecule has 0 aromatic rings. The van der Waals surface area contributed by atoms with E-state index < -0.39 is 32.9 Å². The van der Waals surface area contributed by atoms with E-state index in [1.165, 1.54) is 48.7 Å². The van der Waals surface area contributed by atoms with E-state index >= 15 is 0 Å². The third-order valence-electron chi connectivity index (χ3n) is 1.68. The largest absolute Gasteiger partial charge is 1.00 e. The Bertz CT molecular complexity index is 349. The molecule has 0 bridgehead atoms. The Hall–Kier alpha value is 3.56. The number of hydrogen-bond donors (Lipinski definition) is 2. The van der Waals surface area contributed by atoms with Crippen LogP contribution in [-0.4, -0.2) is 92.8 Å². The van der Waals surface area contributed by atoms with Crippen LogP contribution in [0.1, 0.15) is 41.5 Å². The van der Waals surface area contributed by atoms with E-state index in [4.69, 9.17) is 10.8 Å². The summed E-state index contributed by atoms with van der Waals surface area (Å²) in [4.78, 5) is 0. The zero-order valence-electron chi connectivity index (χ0n) is 29.2. The van der Waals surface area contributed by atoms with Crippen molar-refractivity contribution >= 4 is 81.7 Å². The van der Waals surface area contributed by atoms with Crippen molar-refractivity contribution in [3.8, 4) is 0 Å². The van der Waals surface area contributed by atoms with Crippen LogP contribution >= 0.6 is 0 Å². The van der Waals surface area contributed by atoms with E-state index in [0.29, 0.717) is 0 Å². The minimum Gasteiger partial charge on any atom is 1.00 e. The van der Waals surface area contributed by atoms with Crippen LogP contribution in [0.5, 0.6) is 0 Å². The van der Waals surface area contributed by atoms with E-state index in [0.717, 1.165) is 0 Å². The standard InChI is InChI=1S/2C7H20N2Si.2C3H10NSi.2CH3.2In.2Li/c2*1-7(2,3)8-9-10(4,5)6;2*1-5(2,3)4;;;;;;/h2*8H2,1-6H3;2*4H,1-3H3;2*1H3;;;;/q;;2*-1;;;;;2*+1. The smallest absolute Gasteiger partial charge is 1.00 e. The Morgan fingerprint density at radius 1 is 0.472 bits per heavy atom. The molecule has 6 N–H and O–H groups in total. The molecule has 0 saturated heterocycles. The van der Waals surface area contributed by atoms with Gasteiger partial charge in [-0.2, -0.15) is 0 Å². The maximum absolute atomic E-state index is 7.08. The van der Waals surface area contributed by atoms with Crippen LogP contribution in [0, 0.1) is 0 Å². The number of rotatable bonds is 4. The first-order valence-corrected chi connectivity index (χ1v) is 32.7. The van der Waals surface area contributed by atoms with Gasteiger partial charge in [-0.3, -0.25) is 0 Å². The van der Waals surface area contributed by atoms with Gasteiger partial charge in [-0.05, 0) is 58.0 Å². The van der Waals surface area contributed by atoms with Crippen molar-refractivity contribution in [2.45, 2.75) is 141 Å². The topological polar surface area (TPSA) is 109 Å². The molecule has 0 rings (SSSR count). The SMILES string of the molecule is CC(C)(C)[NH2+][N-][Si](C)(C)C.CC(C)(C)[NH2+][N-][Si](C)(C)C.C[Si](C)(C)[NH-].C[Si](C)(C)[NH-].[CH3][In].[CH3][In].[Li+].[Li+]. The van der Waals surface area contributed by atoms with Crippen LogP contribution < -0.4 is 48.6 Å². The third-order valence-corrected chi connectivity index (χ3v) is 3.49. The number of quaternary nitrogens is 2. The van der Waals surface area contributed by atoms with Gasteiger partial charge in [0.15, 0.2) is 0 Å². The van der Waals surface area contributed by atoms with Crippen LogP contribution in [0.4, 0.5) is 0 Å². The molecule has 14 heteroatoms. The molecule has 0 unspecified atom stereocenters. The molecule has 208 valence electrons. The molecule has 4 radical (unpaired) electrons. The van der Waals surface area contributed by atoms with E-state index in [1.807, 2.05) is 39.3 Å². The average Bonchev–Trinajstić information content (AvgIpc) is 2.50. The van der Waals surface area contributed by atoms with Gasteiger partial charge >= 0.3 is 95.8 Å². The third kappa shape index (κ3) is 163. The van der Waals surface area contributed by atoms with E-state index in [1.54, 1.807) is 0 Å². The maximum atomic E-state index is 7.08. The Morgan fingerprint density at radius 3 is 0.611 bits per heavy atom. The summed E-state index contributed by atoms with van der Waals surface area (Å²) in [6.45, 7) is 38.5. The summed E-state index contributed by atoms with van der Waals surface area (Å²) in [5.41, 5.74) is 4.67. The first-order valence-electron chi connectivity index (χ1n) is 12.2. The molecular formula is C22H66In2Li2N6Si4. The second-order valence-corrected chi connectivity index (χ2v) is 32.3. The Balaban J connectivity index is -0.0000000471. The van der Waals surface area contributed by atoms with Crippen molar-refractivity contribution in [2.24, 2.45) is 0 Å². The molecule has 0 amide bonds. The van der Waals surface area contributed by atoms with Gasteiger partial charge in [0, 0.05) is 0 Å². The zero-order chi connectivity index (χ0) is 29.8. The molecule has 36 heavy (non-hydrogen) atoms. The fourth-order valence-electron chi connectivity index (χ4n) is 0.775. The van der Waals surface area contributed by atoms with Crippen LogP contribution in [0.15, 0.2) is 0 Å². The van der Waals surface area contributed by atoms with Gasteiger partial charge in [0.05, 0.1) is 11.1 Å². The van der Waals surface area contributed by atoms with Gasteiger partial charge in [-0.15, -0.1) is 0 Å². The molecule has 0 aromatic carbocycles. The number of hydrogen-bond acceptors (Lipinski definition) is 0. The number of nitrogens with two attached hydrogens (primary N) is 2. The molecule has 0 heterocycles. The zero-order valence-corrected chi connectivity index (χ0v) is 39.8. The normalized spacial score (nSPS) is 11.3. The van der Waals surface area contributed by atoms with Gasteiger partial charge in [-0.25, -0.2) is 0 Å². The summed E-state index contributed by atoms with van der Waals surface area (Å²) in [6, 6.07) is 0.